The maximum Gasteiger partial charge on any atom is 0.0147 e. The fourth-order valence-electron chi connectivity index (χ4n) is 2.36. The van der Waals surface area contributed by atoms with E-state index in [-0.39, 0.29) is 0 Å². The van der Waals surface area contributed by atoms with Gasteiger partial charge in [0.15, 0.2) is 0 Å². The molecule has 0 saturated heterocycles. The molecule has 1 atom stereocenters. The molecule has 0 heterocycles. The van der Waals surface area contributed by atoms with Crippen molar-refractivity contribution in [1.82, 2.24) is 4.90 Å². The van der Waals surface area contributed by atoms with Gasteiger partial charge in [0.25, 0.3) is 0 Å². The van der Waals surface area contributed by atoms with Crippen molar-refractivity contribution < 1.29 is 0 Å². The zero-order valence-electron chi connectivity index (χ0n) is 13.8. The topological polar surface area (TPSA) is 29.3 Å². The Balaban J connectivity index is 4.15. The van der Waals surface area contributed by atoms with Crippen molar-refractivity contribution in [3.8, 4) is 0 Å². The quantitative estimate of drug-likeness (QED) is 0.713. The SMILES string of the molecule is CCC(C)(C)N(C)CCCC(CCN)C(C)(C)C. The van der Waals surface area contributed by atoms with E-state index < -0.39 is 0 Å². The lowest BCUT2D eigenvalue weighted by Crippen LogP contribution is -2.41. The molecule has 0 saturated carbocycles. The molecule has 0 aromatic heterocycles. The lowest BCUT2D eigenvalue weighted by molar-refractivity contribution is 0.136. The van der Waals surface area contributed by atoms with Gasteiger partial charge < -0.3 is 10.6 Å². The van der Waals surface area contributed by atoms with Gasteiger partial charge in [-0.3, -0.25) is 0 Å². The molecule has 0 spiro atoms. The minimum absolute atomic E-state index is 0.325. The molecule has 0 rings (SSSR count). The minimum Gasteiger partial charge on any atom is -0.330 e. The third kappa shape index (κ3) is 6.19. The van der Waals surface area contributed by atoms with E-state index in [2.05, 4.69) is 53.5 Å². The van der Waals surface area contributed by atoms with Crippen LogP contribution in [0.2, 0.25) is 0 Å². The van der Waals surface area contributed by atoms with Gasteiger partial charge in [0.1, 0.15) is 0 Å². The third-order valence-corrected chi connectivity index (χ3v) is 4.68. The van der Waals surface area contributed by atoms with Crippen LogP contribution in [0.1, 0.15) is 67.2 Å². The van der Waals surface area contributed by atoms with Crippen molar-refractivity contribution in [2.24, 2.45) is 17.1 Å². The van der Waals surface area contributed by atoms with Crippen molar-refractivity contribution in [3.63, 3.8) is 0 Å². The van der Waals surface area contributed by atoms with Gasteiger partial charge in [-0.25, -0.2) is 0 Å². The smallest absolute Gasteiger partial charge is 0.0147 e. The van der Waals surface area contributed by atoms with Gasteiger partial charge in [-0.2, -0.15) is 0 Å². The molecule has 0 fully saturated rings. The van der Waals surface area contributed by atoms with Crippen molar-refractivity contribution in [1.29, 1.82) is 0 Å². The standard InChI is InChI=1S/C16H36N2/c1-8-16(5,6)18(7)13-9-10-14(11-12-17)15(2,3)4/h14H,8-13,17H2,1-7H3. The first-order valence-electron chi connectivity index (χ1n) is 7.56. The zero-order chi connectivity index (χ0) is 14.4. The zero-order valence-corrected chi connectivity index (χ0v) is 13.8. The molecule has 2 nitrogen and oxygen atoms in total. The molecule has 1 unspecified atom stereocenters. The molecule has 110 valence electrons. The van der Waals surface area contributed by atoms with Crippen LogP contribution in [0.5, 0.6) is 0 Å². The van der Waals surface area contributed by atoms with Crippen LogP contribution in [0.25, 0.3) is 0 Å². The van der Waals surface area contributed by atoms with Gasteiger partial charge in [-0.1, -0.05) is 27.7 Å². The molecule has 18 heavy (non-hydrogen) atoms. The Bertz CT molecular complexity index is 216. The predicted molar refractivity (Wildman–Crippen MR) is 82.9 cm³/mol. The fourth-order valence-corrected chi connectivity index (χ4v) is 2.36. The minimum atomic E-state index is 0.325. The Morgan fingerprint density at radius 1 is 1.06 bits per heavy atom. The van der Waals surface area contributed by atoms with Crippen LogP contribution in [0.4, 0.5) is 0 Å². The highest BCUT2D eigenvalue weighted by Gasteiger charge is 2.25. The van der Waals surface area contributed by atoms with Gasteiger partial charge in [0.2, 0.25) is 0 Å². The molecular formula is C16H36N2. The van der Waals surface area contributed by atoms with Crippen LogP contribution < -0.4 is 5.73 Å². The van der Waals surface area contributed by atoms with E-state index in [1.165, 1.54) is 25.8 Å². The maximum atomic E-state index is 5.74. The molecule has 0 aliphatic carbocycles. The van der Waals surface area contributed by atoms with Crippen molar-refractivity contribution in [2.45, 2.75) is 72.8 Å². The highest BCUT2D eigenvalue weighted by molar-refractivity contribution is 4.79. The van der Waals surface area contributed by atoms with Gasteiger partial charge in [0, 0.05) is 5.54 Å². The van der Waals surface area contributed by atoms with E-state index in [0.29, 0.717) is 11.0 Å². The van der Waals surface area contributed by atoms with Gasteiger partial charge in [-0.15, -0.1) is 0 Å². The van der Waals surface area contributed by atoms with Gasteiger partial charge >= 0.3 is 0 Å². The number of rotatable bonds is 8. The summed E-state index contributed by atoms with van der Waals surface area (Å²) >= 11 is 0. The molecule has 0 aromatic rings. The first-order chi connectivity index (χ1) is 8.15. The second-order valence-electron chi connectivity index (χ2n) is 7.37. The Labute approximate surface area is 115 Å². The summed E-state index contributed by atoms with van der Waals surface area (Å²) in [5.41, 5.74) is 6.45. The fraction of sp³-hybridized carbons (Fsp3) is 1.00. The summed E-state index contributed by atoms with van der Waals surface area (Å²) in [5.74, 6) is 0.751. The Morgan fingerprint density at radius 3 is 2.00 bits per heavy atom. The summed E-state index contributed by atoms with van der Waals surface area (Å²) in [6, 6.07) is 0. The summed E-state index contributed by atoms with van der Waals surface area (Å²) in [6.07, 6.45) is 4.94. The first-order valence-corrected chi connectivity index (χ1v) is 7.56. The van der Waals surface area contributed by atoms with Crippen LogP contribution in [0.3, 0.4) is 0 Å². The van der Waals surface area contributed by atoms with Gasteiger partial charge in [-0.05, 0) is 71.0 Å². The average Bonchev–Trinajstić information content (AvgIpc) is 2.26. The number of nitrogens with two attached hydrogens (primary N) is 1. The monoisotopic (exact) mass is 256 g/mol. The molecule has 2 heteroatoms. The number of hydrogen-bond acceptors (Lipinski definition) is 2. The van der Waals surface area contributed by atoms with Crippen LogP contribution in [0, 0.1) is 11.3 Å². The van der Waals surface area contributed by atoms with Gasteiger partial charge in [0.05, 0.1) is 0 Å². The van der Waals surface area contributed by atoms with E-state index >= 15 is 0 Å². The summed E-state index contributed by atoms with van der Waals surface area (Å²) < 4.78 is 0. The summed E-state index contributed by atoms with van der Waals surface area (Å²) in [6.45, 7) is 16.0. The second-order valence-corrected chi connectivity index (χ2v) is 7.37. The van der Waals surface area contributed by atoms with E-state index in [4.69, 9.17) is 5.73 Å². The average molecular weight is 256 g/mol. The highest BCUT2D eigenvalue weighted by Crippen LogP contribution is 2.32. The second kappa shape index (κ2) is 7.49. The Morgan fingerprint density at radius 2 is 1.61 bits per heavy atom. The van der Waals surface area contributed by atoms with E-state index in [9.17, 15) is 0 Å². The Kier molecular flexibility index (Phi) is 7.46. The van der Waals surface area contributed by atoms with E-state index in [1.807, 2.05) is 0 Å². The molecule has 0 aromatic carbocycles. The lowest BCUT2D eigenvalue weighted by Gasteiger charge is -2.36. The highest BCUT2D eigenvalue weighted by atomic mass is 15.2. The van der Waals surface area contributed by atoms with Crippen LogP contribution in [0.15, 0.2) is 0 Å². The normalized spacial score (nSPS) is 15.2. The first kappa shape index (κ1) is 17.9. The molecule has 0 amide bonds. The molecule has 0 aliphatic rings. The third-order valence-electron chi connectivity index (χ3n) is 4.68. The number of nitrogens with zero attached hydrogens (tertiary/aromatic N) is 1. The van der Waals surface area contributed by atoms with Crippen LogP contribution in [-0.2, 0) is 0 Å². The molecule has 0 radical (unpaired) electrons. The van der Waals surface area contributed by atoms with E-state index in [0.717, 1.165) is 18.9 Å². The predicted octanol–water partition coefficient (Wildman–Crippen LogP) is 3.90. The molecular weight excluding hydrogens is 220 g/mol. The van der Waals surface area contributed by atoms with Crippen molar-refractivity contribution in [3.05, 3.63) is 0 Å². The van der Waals surface area contributed by atoms with E-state index in [1.54, 1.807) is 0 Å². The molecule has 0 bridgehead atoms. The van der Waals surface area contributed by atoms with Crippen molar-refractivity contribution >= 4 is 0 Å². The van der Waals surface area contributed by atoms with Crippen LogP contribution in [-0.4, -0.2) is 30.6 Å². The molecule has 0 aliphatic heterocycles. The summed E-state index contributed by atoms with van der Waals surface area (Å²) in [5, 5.41) is 0. The molecule has 2 N–H and O–H groups in total. The lowest BCUT2D eigenvalue weighted by atomic mass is 9.76. The largest absolute Gasteiger partial charge is 0.330 e. The number of hydrogen-bond donors (Lipinski definition) is 1. The maximum absolute atomic E-state index is 5.74. The Hall–Kier alpha value is -0.0800. The summed E-state index contributed by atoms with van der Waals surface area (Å²) in [4.78, 5) is 2.50. The van der Waals surface area contributed by atoms with Crippen molar-refractivity contribution in [2.75, 3.05) is 20.1 Å². The summed E-state index contributed by atoms with van der Waals surface area (Å²) in [7, 11) is 2.25. The van der Waals surface area contributed by atoms with Crippen LogP contribution >= 0.6 is 0 Å².